The van der Waals surface area contributed by atoms with Crippen molar-refractivity contribution < 1.29 is 43.3 Å². The number of aromatic nitrogens is 2. The molecule has 0 unspecified atom stereocenters. The summed E-state index contributed by atoms with van der Waals surface area (Å²) in [5, 5.41) is 29.9. The second kappa shape index (κ2) is 12.5. The number of halogens is 1. The lowest BCUT2D eigenvalue weighted by Gasteiger charge is -2.31. The van der Waals surface area contributed by atoms with E-state index < -0.39 is 47.5 Å². The highest BCUT2D eigenvalue weighted by molar-refractivity contribution is 5.90. The van der Waals surface area contributed by atoms with Gasteiger partial charge in [-0.1, -0.05) is 6.92 Å². The third-order valence-corrected chi connectivity index (χ3v) is 7.82. The Balaban J connectivity index is 1.35. The lowest BCUT2D eigenvalue weighted by Crippen LogP contribution is -2.44. The van der Waals surface area contributed by atoms with Crippen molar-refractivity contribution in [1.29, 1.82) is 0 Å². The lowest BCUT2D eigenvalue weighted by atomic mass is 9.86. The van der Waals surface area contributed by atoms with Gasteiger partial charge in [0, 0.05) is 35.7 Å². The minimum atomic E-state index is -2.00. The SMILES string of the molecule is CC[C@@]1(O)C(=O)OCc2c1cc1n(c2=O)Cc2c-1nc1cc(F)c(C)cc1c2CNC(=O)NCCOCNC(=O)CNC(=O)O. The molecule has 0 saturated carbocycles. The lowest BCUT2D eigenvalue weighted by molar-refractivity contribution is -0.172. The summed E-state index contributed by atoms with van der Waals surface area (Å²) in [6, 6.07) is 3.92. The molecule has 2 aromatic heterocycles. The molecule has 0 bridgehead atoms. The number of aliphatic hydroxyl groups is 1. The van der Waals surface area contributed by atoms with E-state index in [0.29, 0.717) is 39.0 Å². The topological polar surface area (TPSA) is 210 Å². The van der Waals surface area contributed by atoms with Gasteiger partial charge in [-0.2, -0.15) is 0 Å². The van der Waals surface area contributed by atoms with Gasteiger partial charge in [0.05, 0.1) is 35.6 Å². The number of hydrogen-bond acceptors (Lipinski definition) is 9. The number of carbonyl (C=O) groups is 4. The van der Waals surface area contributed by atoms with Crippen LogP contribution in [0.2, 0.25) is 0 Å². The van der Waals surface area contributed by atoms with Crippen LogP contribution in [0.3, 0.4) is 0 Å². The van der Waals surface area contributed by atoms with Crippen molar-refractivity contribution in [2.75, 3.05) is 26.4 Å². The summed E-state index contributed by atoms with van der Waals surface area (Å²) in [4.78, 5) is 65.2. The summed E-state index contributed by atoms with van der Waals surface area (Å²) in [6.45, 7) is 2.54. The van der Waals surface area contributed by atoms with E-state index in [1.54, 1.807) is 26.0 Å². The average Bonchev–Trinajstić information content (AvgIpc) is 3.37. The average molecular weight is 627 g/mol. The van der Waals surface area contributed by atoms with E-state index in [9.17, 15) is 33.5 Å². The first-order valence-corrected chi connectivity index (χ1v) is 14.1. The Labute approximate surface area is 254 Å². The number of esters is 1. The van der Waals surface area contributed by atoms with Gasteiger partial charge < -0.3 is 45.5 Å². The van der Waals surface area contributed by atoms with Crippen molar-refractivity contribution in [3.05, 3.63) is 62.2 Å². The van der Waals surface area contributed by atoms with Gasteiger partial charge in [0.2, 0.25) is 5.91 Å². The van der Waals surface area contributed by atoms with Crippen molar-refractivity contribution in [1.82, 2.24) is 30.8 Å². The van der Waals surface area contributed by atoms with Crippen LogP contribution in [0.5, 0.6) is 0 Å². The smallest absolute Gasteiger partial charge is 0.405 e. The summed E-state index contributed by atoms with van der Waals surface area (Å²) in [6.07, 6.45) is -1.35. The molecule has 15 nitrogen and oxygen atoms in total. The van der Waals surface area contributed by atoms with Crippen LogP contribution in [-0.2, 0) is 44.4 Å². The fraction of sp³-hybridized carbons (Fsp3) is 0.379. The van der Waals surface area contributed by atoms with Crippen LogP contribution in [0.25, 0.3) is 22.3 Å². The van der Waals surface area contributed by atoms with Crippen LogP contribution in [0, 0.1) is 12.7 Å². The molecule has 0 spiro atoms. The van der Waals surface area contributed by atoms with Gasteiger partial charge in [0.15, 0.2) is 5.60 Å². The Morgan fingerprint density at radius 1 is 1.13 bits per heavy atom. The van der Waals surface area contributed by atoms with Gasteiger partial charge in [-0.05, 0) is 36.6 Å². The quantitative estimate of drug-likeness (QED) is 0.0824. The van der Waals surface area contributed by atoms with E-state index >= 15 is 0 Å². The van der Waals surface area contributed by atoms with Gasteiger partial charge in [0.1, 0.15) is 25.7 Å². The molecule has 238 valence electrons. The van der Waals surface area contributed by atoms with E-state index in [1.807, 2.05) is 5.32 Å². The second-order valence-electron chi connectivity index (χ2n) is 10.6. The largest absolute Gasteiger partial charge is 0.465 e. The van der Waals surface area contributed by atoms with Crippen LogP contribution < -0.4 is 26.8 Å². The fourth-order valence-corrected chi connectivity index (χ4v) is 5.38. The number of carbonyl (C=O) groups excluding carboxylic acids is 3. The third kappa shape index (κ3) is 6.01. The maximum atomic E-state index is 14.6. The molecule has 0 saturated heterocycles. The summed E-state index contributed by atoms with van der Waals surface area (Å²) in [5.74, 6) is -1.91. The number of hydrogen-bond donors (Lipinski definition) is 6. The molecular weight excluding hydrogens is 595 g/mol. The molecule has 3 aromatic rings. The number of nitrogens with one attached hydrogen (secondary N) is 4. The van der Waals surface area contributed by atoms with Crippen molar-refractivity contribution in [2.24, 2.45) is 0 Å². The molecule has 4 heterocycles. The number of aryl methyl sites for hydroxylation is 1. The standard InChI is InChI=1S/C29H31FN6O9/c1-3-29(43)19-7-22-24-17(11-36(22)25(38)18(19)12-45-26(29)39)16(15-6-14(2)20(30)8-21(15)35-24)9-32-27(40)31-4-5-44-13-34-23(37)10-33-28(41)42/h6-8,33,43H,3-5,9-13H2,1-2H3,(H,34,37)(H,41,42)(H2,31,32,40)/t29-/m0/s1. The highest BCUT2D eigenvalue weighted by Crippen LogP contribution is 2.40. The molecule has 45 heavy (non-hydrogen) atoms. The van der Waals surface area contributed by atoms with Crippen LogP contribution in [-0.4, -0.2) is 70.2 Å². The van der Waals surface area contributed by atoms with E-state index in [1.165, 1.54) is 10.6 Å². The predicted octanol–water partition coefficient (Wildman–Crippen LogP) is 0.684. The molecule has 16 heteroatoms. The summed E-state index contributed by atoms with van der Waals surface area (Å²) < 4.78 is 26.4. The molecule has 2 aliphatic heterocycles. The Bertz CT molecular complexity index is 1790. The molecule has 2 aliphatic rings. The number of urea groups is 1. The van der Waals surface area contributed by atoms with Gasteiger partial charge in [-0.3, -0.25) is 9.59 Å². The first kappa shape index (κ1) is 31.3. The third-order valence-electron chi connectivity index (χ3n) is 7.82. The molecular formula is C29H31FN6O9. The van der Waals surface area contributed by atoms with Crippen LogP contribution >= 0.6 is 0 Å². The molecule has 0 aliphatic carbocycles. The zero-order valence-corrected chi connectivity index (χ0v) is 24.4. The van der Waals surface area contributed by atoms with Crippen LogP contribution in [0.15, 0.2) is 23.0 Å². The normalized spacial score (nSPS) is 16.3. The number of fused-ring (bicyclic) bond motifs is 5. The van der Waals surface area contributed by atoms with Crippen molar-refractivity contribution in [3.8, 4) is 11.4 Å². The van der Waals surface area contributed by atoms with E-state index in [4.69, 9.17) is 14.6 Å². The summed E-state index contributed by atoms with van der Waals surface area (Å²) in [5.41, 5.74) is 0.494. The highest BCUT2D eigenvalue weighted by atomic mass is 19.1. The second-order valence-corrected chi connectivity index (χ2v) is 10.6. The summed E-state index contributed by atoms with van der Waals surface area (Å²) in [7, 11) is 0. The number of cyclic esters (lactones) is 1. The number of benzene rings is 1. The summed E-state index contributed by atoms with van der Waals surface area (Å²) >= 11 is 0. The highest BCUT2D eigenvalue weighted by Gasteiger charge is 2.45. The monoisotopic (exact) mass is 626 g/mol. The number of pyridine rings is 2. The maximum Gasteiger partial charge on any atom is 0.405 e. The molecule has 6 N–H and O–H groups in total. The van der Waals surface area contributed by atoms with Gasteiger partial charge in [0.25, 0.3) is 5.56 Å². The Hall–Kier alpha value is -5.09. The Kier molecular flexibility index (Phi) is 8.70. The molecule has 1 atom stereocenters. The minimum absolute atomic E-state index is 0.00526. The number of ether oxygens (including phenoxy) is 2. The first-order chi connectivity index (χ1) is 21.4. The Morgan fingerprint density at radius 3 is 2.64 bits per heavy atom. The molecule has 4 amide bonds. The molecule has 0 radical (unpaired) electrons. The van der Waals surface area contributed by atoms with Gasteiger partial charge >= 0.3 is 18.1 Å². The van der Waals surface area contributed by atoms with Gasteiger partial charge in [-0.25, -0.2) is 23.8 Å². The zero-order chi connectivity index (χ0) is 32.5. The van der Waals surface area contributed by atoms with Crippen LogP contribution in [0.4, 0.5) is 14.0 Å². The number of carboxylic acid groups (broad SMARTS) is 1. The predicted molar refractivity (Wildman–Crippen MR) is 154 cm³/mol. The fourth-order valence-electron chi connectivity index (χ4n) is 5.38. The van der Waals surface area contributed by atoms with Crippen molar-refractivity contribution >= 4 is 34.9 Å². The zero-order valence-electron chi connectivity index (χ0n) is 24.4. The van der Waals surface area contributed by atoms with Crippen molar-refractivity contribution in [3.63, 3.8) is 0 Å². The van der Waals surface area contributed by atoms with E-state index in [-0.39, 0.29) is 57.1 Å². The number of nitrogens with zero attached hydrogens (tertiary/aromatic N) is 2. The Morgan fingerprint density at radius 2 is 1.91 bits per heavy atom. The van der Waals surface area contributed by atoms with Crippen molar-refractivity contribution in [2.45, 2.75) is 45.6 Å². The van der Waals surface area contributed by atoms with E-state index in [2.05, 4.69) is 20.9 Å². The number of rotatable bonds is 10. The number of amides is 4. The first-order valence-electron chi connectivity index (χ1n) is 14.1. The van der Waals surface area contributed by atoms with Gasteiger partial charge in [-0.15, -0.1) is 0 Å². The molecule has 0 fully saturated rings. The minimum Gasteiger partial charge on any atom is -0.465 e. The maximum absolute atomic E-state index is 14.6. The van der Waals surface area contributed by atoms with Crippen LogP contribution in [0.1, 0.15) is 41.2 Å². The van der Waals surface area contributed by atoms with E-state index in [0.717, 1.165) is 0 Å². The molecule has 5 rings (SSSR count). The molecule has 1 aromatic carbocycles.